The van der Waals surface area contributed by atoms with Crippen LogP contribution in [0.4, 0.5) is 22.0 Å². The average Bonchev–Trinajstić information content (AvgIpc) is 2.25. The second-order valence-corrected chi connectivity index (χ2v) is 3.18. The van der Waals surface area contributed by atoms with E-state index in [-0.39, 0.29) is 11.8 Å². The maximum atomic E-state index is 12.6. The number of aromatic nitrogens is 1. The summed E-state index contributed by atoms with van der Waals surface area (Å²) in [6.45, 7) is -1.42. The molecule has 0 aliphatic heterocycles. The first-order chi connectivity index (χ1) is 7.81. The van der Waals surface area contributed by atoms with E-state index in [1.807, 2.05) is 0 Å². The third-order valence-electron chi connectivity index (χ3n) is 2.11. The van der Waals surface area contributed by atoms with E-state index in [0.717, 1.165) is 0 Å². The third kappa shape index (κ3) is 2.89. The maximum absolute atomic E-state index is 12.6. The number of nitrogens with zero attached hydrogens (tertiary/aromatic N) is 1. The minimum atomic E-state index is -4.84. The van der Waals surface area contributed by atoms with Gasteiger partial charge in [0.1, 0.15) is 5.69 Å². The molecule has 0 spiro atoms. The van der Waals surface area contributed by atoms with Gasteiger partial charge in [-0.15, -0.1) is 0 Å². The molecule has 0 fully saturated rings. The normalized spacial score (nSPS) is 12.2. The van der Waals surface area contributed by atoms with Gasteiger partial charge in [0.25, 0.3) is 6.43 Å². The van der Waals surface area contributed by atoms with Crippen molar-refractivity contribution in [3.8, 4) is 0 Å². The molecule has 0 radical (unpaired) electrons. The average molecular weight is 256 g/mol. The Morgan fingerprint density at radius 2 is 1.94 bits per heavy atom. The highest BCUT2D eigenvalue weighted by molar-refractivity contribution is 5.35. The van der Waals surface area contributed by atoms with Crippen LogP contribution in [0.15, 0.2) is 6.07 Å². The van der Waals surface area contributed by atoms with Gasteiger partial charge in [0.05, 0.1) is 17.9 Å². The van der Waals surface area contributed by atoms with Crippen LogP contribution in [0.1, 0.15) is 28.9 Å². The number of hydrogen-bond acceptors (Lipinski definition) is 3. The van der Waals surface area contributed by atoms with Crippen LogP contribution in [0.25, 0.3) is 0 Å². The lowest BCUT2D eigenvalue weighted by atomic mass is 10.0. The Hall–Kier alpha value is -1.28. The minimum absolute atomic E-state index is 0.232. The van der Waals surface area contributed by atoms with Crippen LogP contribution < -0.4 is 5.73 Å². The number of hydrogen-bond donors (Lipinski definition) is 2. The first kappa shape index (κ1) is 13.8. The molecule has 1 aromatic heterocycles. The fraction of sp³-hybridized carbons (Fsp3) is 0.444. The Bertz CT molecular complexity index is 405. The van der Waals surface area contributed by atoms with Crippen LogP contribution in [0, 0.1) is 0 Å². The quantitative estimate of drug-likeness (QED) is 0.813. The second-order valence-electron chi connectivity index (χ2n) is 3.18. The molecule has 0 aromatic carbocycles. The zero-order chi connectivity index (χ0) is 13.2. The summed E-state index contributed by atoms with van der Waals surface area (Å²) in [6.07, 6.45) is -7.97. The molecule has 3 nitrogen and oxygen atoms in total. The molecule has 0 unspecified atom stereocenters. The molecular formula is C9H9F5N2O. The van der Waals surface area contributed by atoms with E-state index in [2.05, 4.69) is 4.98 Å². The highest BCUT2D eigenvalue weighted by Crippen LogP contribution is 2.35. The summed E-state index contributed by atoms with van der Waals surface area (Å²) < 4.78 is 62.4. The first-order valence-electron chi connectivity index (χ1n) is 4.50. The standard InChI is InChI=1S/C9H9F5N2O/c10-8(11)6-1-5(9(12,13)14)4(3-17)7(2-15)16-6/h1,8,17H,2-3,15H2. The Kier molecular flexibility index (Phi) is 3.99. The van der Waals surface area contributed by atoms with Crippen molar-refractivity contribution in [2.75, 3.05) is 0 Å². The van der Waals surface area contributed by atoms with Crippen molar-refractivity contribution >= 4 is 0 Å². The first-order valence-corrected chi connectivity index (χ1v) is 4.50. The summed E-state index contributed by atoms with van der Waals surface area (Å²) in [4.78, 5) is 3.30. The lowest BCUT2D eigenvalue weighted by Crippen LogP contribution is -2.16. The van der Waals surface area contributed by atoms with Crippen molar-refractivity contribution in [1.82, 2.24) is 4.98 Å². The number of halogens is 5. The molecule has 3 N–H and O–H groups in total. The van der Waals surface area contributed by atoms with Crippen molar-refractivity contribution in [3.63, 3.8) is 0 Å². The molecule has 1 heterocycles. The van der Waals surface area contributed by atoms with Gasteiger partial charge in [-0.1, -0.05) is 0 Å². The van der Waals surface area contributed by atoms with Gasteiger partial charge < -0.3 is 10.8 Å². The molecule has 17 heavy (non-hydrogen) atoms. The SMILES string of the molecule is NCc1nc(C(F)F)cc(C(F)(F)F)c1CO. The largest absolute Gasteiger partial charge is 0.416 e. The van der Waals surface area contributed by atoms with Gasteiger partial charge in [0, 0.05) is 12.1 Å². The molecule has 96 valence electrons. The van der Waals surface area contributed by atoms with Crippen LogP contribution in [-0.4, -0.2) is 10.1 Å². The van der Waals surface area contributed by atoms with E-state index in [9.17, 15) is 22.0 Å². The summed E-state index contributed by atoms with van der Waals surface area (Å²) in [5.41, 5.74) is 1.85. The molecule has 0 aliphatic carbocycles. The summed E-state index contributed by atoms with van der Waals surface area (Å²) in [7, 11) is 0. The van der Waals surface area contributed by atoms with Crippen molar-refractivity contribution in [2.24, 2.45) is 5.73 Å². The predicted molar refractivity (Wildman–Crippen MR) is 48.0 cm³/mol. The van der Waals surface area contributed by atoms with E-state index >= 15 is 0 Å². The van der Waals surface area contributed by atoms with Gasteiger partial charge in [-0.25, -0.2) is 8.78 Å². The monoisotopic (exact) mass is 256 g/mol. The molecule has 0 amide bonds. The van der Waals surface area contributed by atoms with E-state index in [0.29, 0.717) is 0 Å². The maximum Gasteiger partial charge on any atom is 0.416 e. The second kappa shape index (κ2) is 4.92. The van der Waals surface area contributed by atoms with Gasteiger partial charge >= 0.3 is 6.18 Å². The lowest BCUT2D eigenvalue weighted by molar-refractivity contribution is -0.139. The summed E-state index contributed by atoms with van der Waals surface area (Å²) >= 11 is 0. The Labute approximate surface area is 93.1 Å². The van der Waals surface area contributed by atoms with Gasteiger partial charge in [-0.2, -0.15) is 13.2 Å². The van der Waals surface area contributed by atoms with E-state index < -0.39 is 42.6 Å². The van der Waals surface area contributed by atoms with Crippen LogP contribution in [-0.2, 0) is 19.3 Å². The molecule has 1 rings (SSSR count). The van der Waals surface area contributed by atoms with Gasteiger partial charge in [-0.05, 0) is 6.07 Å². The number of nitrogens with two attached hydrogens (primary N) is 1. The van der Waals surface area contributed by atoms with E-state index in [1.54, 1.807) is 0 Å². The molecule has 0 atom stereocenters. The molecule has 0 saturated carbocycles. The molecule has 0 saturated heterocycles. The summed E-state index contributed by atoms with van der Waals surface area (Å²) in [5, 5.41) is 8.84. The lowest BCUT2D eigenvalue weighted by Gasteiger charge is -2.15. The number of aliphatic hydroxyl groups excluding tert-OH is 1. The van der Waals surface area contributed by atoms with Gasteiger partial charge in [0.2, 0.25) is 0 Å². The summed E-state index contributed by atoms with van der Waals surface area (Å²) in [5.74, 6) is 0. The molecule has 0 aliphatic rings. The Morgan fingerprint density at radius 1 is 1.35 bits per heavy atom. The Morgan fingerprint density at radius 3 is 2.29 bits per heavy atom. The van der Waals surface area contributed by atoms with Crippen LogP contribution in [0.3, 0.4) is 0 Å². The number of alkyl halides is 5. The highest BCUT2D eigenvalue weighted by Gasteiger charge is 2.35. The van der Waals surface area contributed by atoms with E-state index in [4.69, 9.17) is 10.8 Å². The predicted octanol–water partition coefficient (Wildman–Crippen LogP) is 1.99. The van der Waals surface area contributed by atoms with Crippen LogP contribution in [0.2, 0.25) is 0 Å². The molecule has 1 aromatic rings. The smallest absolute Gasteiger partial charge is 0.392 e. The fourth-order valence-corrected chi connectivity index (χ4v) is 1.36. The molecule has 0 bridgehead atoms. The van der Waals surface area contributed by atoms with E-state index in [1.165, 1.54) is 0 Å². The number of pyridine rings is 1. The zero-order valence-corrected chi connectivity index (χ0v) is 8.43. The fourth-order valence-electron chi connectivity index (χ4n) is 1.36. The van der Waals surface area contributed by atoms with Crippen molar-refractivity contribution in [2.45, 2.75) is 25.8 Å². The number of aliphatic hydroxyl groups is 1. The van der Waals surface area contributed by atoms with Crippen molar-refractivity contribution < 1.29 is 27.1 Å². The Balaban J connectivity index is 3.48. The zero-order valence-electron chi connectivity index (χ0n) is 8.43. The topological polar surface area (TPSA) is 59.1 Å². The minimum Gasteiger partial charge on any atom is -0.392 e. The highest BCUT2D eigenvalue weighted by atomic mass is 19.4. The molecule has 8 heteroatoms. The van der Waals surface area contributed by atoms with Crippen LogP contribution in [0.5, 0.6) is 0 Å². The van der Waals surface area contributed by atoms with Crippen LogP contribution >= 0.6 is 0 Å². The van der Waals surface area contributed by atoms with Crippen molar-refractivity contribution in [1.29, 1.82) is 0 Å². The summed E-state index contributed by atoms with van der Waals surface area (Å²) in [6, 6.07) is 0.232. The number of rotatable bonds is 3. The van der Waals surface area contributed by atoms with Gasteiger partial charge in [-0.3, -0.25) is 4.98 Å². The third-order valence-corrected chi connectivity index (χ3v) is 2.11. The molecular weight excluding hydrogens is 247 g/mol. The van der Waals surface area contributed by atoms with Crippen molar-refractivity contribution in [3.05, 3.63) is 28.6 Å². The van der Waals surface area contributed by atoms with Gasteiger partial charge in [0.15, 0.2) is 0 Å².